The molecule has 0 aliphatic carbocycles. The molecule has 0 N–H and O–H groups in total. The van der Waals surface area contributed by atoms with Crippen molar-refractivity contribution in [2.24, 2.45) is 0 Å². The molecule has 0 radical (unpaired) electrons. The van der Waals surface area contributed by atoms with Crippen LogP contribution in [-0.2, 0) is 5.41 Å². The van der Waals surface area contributed by atoms with Crippen molar-refractivity contribution < 1.29 is 27.0 Å². The lowest BCUT2D eigenvalue weighted by molar-refractivity contribution is 0.573. The van der Waals surface area contributed by atoms with Crippen LogP contribution in [0.25, 0.3) is 241 Å². The number of hydrogen-bond donors (Lipinski definition) is 0. The lowest BCUT2D eigenvalue weighted by atomic mass is 9.85. The fraction of sp³-hybridized carbons (Fsp3) is 0.0420. The van der Waals surface area contributed by atoms with Crippen LogP contribution in [0, 0.1) is 6.92 Å². The Hall–Kier alpha value is -15.4. The molecule has 122 heavy (non-hydrogen) atoms. The third-order valence-corrected chi connectivity index (χ3v) is 24.8. The smallest absolute Gasteiger partial charge is 0.143 e. The normalized spacial score (nSPS) is 13.1. The van der Waals surface area contributed by atoms with Gasteiger partial charge in [0.2, 0.25) is 0 Å². The summed E-state index contributed by atoms with van der Waals surface area (Å²) in [6.45, 7) is 8.68. The van der Waals surface area contributed by atoms with E-state index in [0.717, 1.165) is 148 Å². The van der Waals surface area contributed by atoms with Crippen molar-refractivity contribution in [1.29, 1.82) is 0 Å². The molecule has 0 bridgehead atoms. The van der Waals surface area contributed by atoms with Gasteiger partial charge < -0.3 is 13.3 Å². The van der Waals surface area contributed by atoms with E-state index in [1.54, 1.807) is 0 Å². The Morgan fingerprint density at radius 3 is 0.967 bits per heavy atom. The number of furan rings is 3. The topological polar surface area (TPSA) is 39.4 Å². The predicted octanol–water partition coefficient (Wildman–Crippen LogP) is 34.4. The Balaban J connectivity index is 0.000000114. The zero-order valence-corrected chi connectivity index (χ0v) is 67.2. The van der Waals surface area contributed by atoms with Crippen LogP contribution >= 0.6 is 0 Å². The molecule has 0 saturated carbocycles. The number of fused-ring (bicyclic) bond motifs is 19. The van der Waals surface area contributed by atoms with E-state index in [2.05, 4.69) is 282 Å². The highest BCUT2D eigenvalue weighted by atomic mass is 16.3. The van der Waals surface area contributed by atoms with Gasteiger partial charge in [0.1, 0.15) is 33.5 Å². The molecule has 3 nitrogen and oxygen atoms in total. The molecule has 0 unspecified atom stereocenters. The van der Waals surface area contributed by atoms with Gasteiger partial charge in [0.25, 0.3) is 0 Å². The molecule has 3 aromatic heterocycles. The zero-order valence-electron chi connectivity index (χ0n) is 77.2. The van der Waals surface area contributed by atoms with Gasteiger partial charge in [-0.3, -0.25) is 0 Å². The van der Waals surface area contributed by atoms with Crippen molar-refractivity contribution in [3.05, 3.63) is 423 Å². The van der Waals surface area contributed by atoms with Crippen LogP contribution in [0.4, 0.5) is 0 Å². The summed E-state index contributed by atoms with van der Waals surface area (Å²) in [6.07, 6.45) is 0. The van der Waals surface area contributed by atoms with Crippen LogP contribution in [-0.4, -0.2) is 0 Å². The first-order valence-corrected chi connectivity index (χ1v) is 41.4. The molecule has 0 atom stereocenters. The minimum absolute atomic E-state index is 0.0676. The van der Waals surface area contributed by atoms with Gasteiger partial charge in [-0.05, 0) is 230 Å². The fourth-order valence-electron chi connectivity index (χ4n) is 19.4. The molecule has 0 spiro atoms. The maximum absolute atomic E-state index is 8.87. The van der Waals surface area contributed by atoms with E-state index in [9.17, 15) is 0 Å². The second-order valence-electron chi connectivity index (χ2n) is 32.8. The van der Waals surface area contributed by atoms with Gasteiger partial charge in [-0.15, -0.1) is 0 Å². The molecule has 3 heteroatoms. The van der Waals surface area contributed by atoms with Crippen molar-refractivity contribution in [3.8, 4) is 77.9 Å². The average molecular weight is 1570 g/mol. The summed E-state index contributed by atoms with van der Waals surface area (Å²) >= 11 is 0. The number of para-hydroxylation sites is 3. The molecule has 25 rings (SSSR count). The summed E-state index contributed by atoms with van der Waals surface area (Å²) < 4.78 is 105. The van der Waals surface area contributed by atoms with Gasteiger partial charge in [0.15, 0.2) is 0 Å². The first kappa shape index (κ1) is 61.9. The van der Waals surface area contributed by atoms with Crippen molar-refractivity contribution in [2.75, 3.05) is 0 Å². The Labute approximate surface area is 719 Å². The SMILES string of the molecule is Cc1cccc2c1oc1ccc(-c3c4ccccc4c(-c4ccc5ccccc5c4)c4ccccc34)cc12.[2H]c1c([2H])c([2H])c(-c2c3ccccc3c(-c3ccc4oc5c(-c6cccc7ccc8ccccc8c67)cccc5c4c3)c3ccccc23)c([2H])c1[2H].[2H]c1c([2H])c([2H])c(-c2c3ccccc3c(-c3ccc4oc5c(C(C)(C)C)cccc5c4c3)c3ccccc23)c([2H])c1[2H]. The molecular formula is C119H80O3. The second kappa shape index (κ2) is 29.0. The van der Waals surface area contributed by atoms with Gasteiger partial charge in [-0.2, -0.15) is 0 Å². The van der Waals surface area contributed by atoms with Gasteiger partial charge >= 0.3 is 0 Å². The van der Waals surface area contributed by atoms with Gasteiger partial charge in [0, 0.05) is 43.4 Å². The number of hydrogen-bond acceptors (Lipinski definition) is 3. The highest BCUT2D eigenvalue weighted by Gasteiger charge is 2.26. The zero-order chi connectivity index (χ0) is 90.0. The van der Waals surface area contributed by atoms with E-state index >= 15 is 0 Å². The molecule has 25 aromatic rings. The maximum Gasteiger partial charge on any atom is 0.143 e. The Morgan fingerprint density at radius 2 is 0.516 bits per heavy atom. The van der Waals surface area contributed by atoms with E-state index < -0.39 is 12.1 Å². The van der Waals surface area contributed by atoms with Crippen molar-refractivity contribution in [2.45, 2.75) is 33.1 Å². The van der Waals surface area contributed by atoms with Crippen LogP contribution in [0.1, 0.15) is 45.6 Å². The molecule has 0 amide bonds. The molecule has 0 fully saturated rings. The predicted molar refractivity (Wildman–Crippen MR) is 520 cm³/mol. The molecule has 22 aromatic carbocycles. The number of benzene rings is 22. The van der Waals surface area contributed by atoms with E-state index in [4.69, 9.17) is 27.0 Å². The minimum atomic E-state index is -0.401. The van der Waals surface area contributed by atoms with Crippen LogP contribution in [0.3, 0.4) is 0 Å². The van der Waals surface area contributed by atoms with Crippen LogP contribution in [0.15, 0.2) is 426 Å². The van der Waals surface area contributed by atoms with E-state index in [1.807, 2.05) is 97.1 Å². The van der Waals surface area contributed by atoms with Crippen LogP contribution < -0.4 is 0 Å². The number of rotatable bonds is 7. The average Bonchev–Trinajstić information content (AvgIpc) is 0.867. The second-order valence-corrected chi connectivity index (χ2v) is 32.8. The summed E-state index contributed by atoms with van der Waals surface area (Å²) in [6, 6.07) is 120. The summed E-state index contributed by atoms with van der Waals surface area (Å²) in [5.41, 5.74) is 20.4. The molecular weight excluding hydrogens is 1480 g/mol. The summed E-state index contributed by atoms with van der Waals surface area (Å²) in [4.78, 5) is 0. The van der Waals surface area contributed by atoms with Crippen LogP contribution in [0.5, 0.6) is 0 Å². The maximum atomic E-state index is 8.87. The lowest BCUT2D eigenvalue weighted by Gasteiger charge is -2.18. The van der Waals surface area contributed by atoms with E-state index in [0.29, 0.717) is 11.1 Å². The van der Waals surface area contributed by atoms with Crippen LogP contribution in [0.2, 0.25) is 0 Å². The van der Waals surface area contributed by atoms with E-state index in [1.165, 1.54) is 81.5 Å². The third-order valence-electron chi connectivity index (χ3n) is 24.8. The molecule has 3 heterocycles. The summed E-state index contributed by atoms with van der Waals surface area (Å²) in [5.74, 6) is 0. The minimum Gasteiger partial charge on any atom is -0.456 e. The Kier molecular flexibility index (Phi) is 14.7. The van der Waals surface area contributed by atoms with Gasteiger partial charge in [-0.1, -0.05) is 391 Å². The Morgan fingerprint density at radius 1 is 0.213 bits per heavy atom. The number of aryl methyl sites for hydroxylation is 1. The first-order valence-electron chi connectivity index (χ1n) is 46.4. The summed E-state index contributed by atoms with van der Waals surface area (Å²) in [7, 11) is 0. The van der Waals surface area contributed by atoms with Gasteiger partial charge in [-0.25, -0.2) is 0 Å². The monoisotopic (exact) mass is 1570 g/mol. The molecule has 0 aliphatic heterocycles. The first-order chi connectivity index (χ1) is 64.2. The Bertz CT molecular complexity index is 9020. The molecule has 0 aliphatic rings. The van der Waals surface area contributed by atoms with E-state index in [-0.39, 0.29) is 64.9 Å². The molecule has 0 saturated heterocycles. The van der Waals surface area contributed by atoms with Crippen molar-refractivity contribution >= 4 is 163 Å². The lowest BCUT2D eigenvalue weighted by Crippen LogP contribution is -2.10. The third kappa shape index (κ3) is 11.9. The highest BCUT2D eigenvalue weighted by Crippen LogP contribution is 2.51. The largest absolute Gasteiger partial charge is 0.456 e. The fourth-order valence-corrected chi connectivity index (χ4v) is 19.4. The van der Waals surface area contributed by atoms with Gasteiger partial charge in [0.05, 0.1) is 13.7 Å². The standard InChI is InChI=1S/C46H28O.C37H24O.C36H28O/c1-2-13-30(14-3-1)44-34-17-6-8-19-36(34)45(37-20-9-7-18-35(37)44)32-26-27-42-41(28-32)40-23-11-22-39(46(40)47-42)38-21-10-15-31-25-24-29-12-4-5-16-33(29)43(31)38;1-23-9-8-16-32-33-22-27(19-20-34(33)38-37(23)32)36-30-14-6-4-12-28(30)35(29-13-5-7-15-31(29)36)26-18-17-24-10-2-3-11-25(24)21-26;1-36(2,3)31-19-11-18-29-30-22-24(20-21-32(30)37-35(29)31)34-27-16-9-7-14-25(27)33(23-12-5-4-6-13-23)26-15-8-10-17-28(26)34/h1-28H;2-22H,1H3;4-22H,1-3H3/i1D,2D,3D,13D,14D;;4D,5D,6D,12D,13D. The quantitative estimate of drug-likeness (QED) is 0.118. The summed E-state index contributed by atoms with van der Waals surface area (Å²) in [5, 5.41) is 25.9. The highest BCUT2D eigenvalue weighted by molar-refractivity contribution is 6.27. The van der Waals surface area contributed by atoms with Crippen molar-refractivity contribution in [3.63, 3.8) is 0 Å². The molecule has 574 valence electrons. The van der Waals surface area contributed by atoms with Crippen molar-refractivity contribution in [1.82, 2.24) is 0 Å².